The van der Waals surface area contributed by atoms with Gasteiger partial charge in [0.25, 0.3) is 0 Å². The van der Waals surface area contributed by atoms with Crippen LogP contribution in [0, 0.1) is 5.82 Å². The summed E-state index contributed by atoms with van der Waals surface area (Å²) in [6, 6.07) is 9.14. The van der Waals surface area contributed by atoms with Gasteiger partial charge in [0.2, 0.25) is 11.5 Å². The Labute approximate surface area is 115 Å². The Morgan fingerprint density at radius 2 is 2.10 bits per heavy atom. The minimum atomic E-state index is -0.305. The molecule has 104 valence electrons. The topological polar surface area (TPSA) is 51.1 Å². The minimum absolute atomic E-state index is 0.136. The van der Waals surface area contributed by atoms with E-state index in [2.05, 4.69) is 5.32 Å². The van der Waals surface area contributed by atoms with Crippen molar-refractivity contribution in [1.29, 1.82) is 0 Å². The smallest absolute Gasteiger partial charge is 0.250 e. The van der Waals surface area contributed by atoms with Gasteiger partial charge in [-0.15, -0.1) is 0 Å². The van der Waals surface area contributed by atoms with E-state index in [1.807, 2.05) is 0 Å². The SMILES string of the molecule is Cn1cc(NC(=O)CCc2cccc(F)c2)ccc1=O. The van der Waals surface area contributed by atoms with Crippen molar-refractivity contribution in [2.75, 3.05) is 5.32 Å². The van der Waals surface area contributed by atoms with E-state index in [1.54, 1.807) is 31.4 Å². The van der Waals surface area contributed by atoms with Crippen LogP contribution in [0.5, 0.6) is 0 Å². The zero-order valence-electron chi connectivity index (χ0n) is 11.1. The second-order valence-electron chi connectivity index (χ2n) is 4.55. The fourth-order valence-electron chi connectivity index (χ4n) is 1.84. The Hall–Kier alpha value is -2.43. The van der Waals surface area contributed by atoms with Crippen molar-refractivity contribution in [2.24, 2.45) is 7.05 Å². The number of carbonyl (C=O) groups is 1. The minimum Gasteiger partial charge on any atom is -0.325 e. The first-order chi connectivity index (χ1) is 9.54. The van der Waals surface area contributed by atoms with Crippen LogP contribution < -0.4 is 10.9 Å². The van der Waals surface area contributed by atoms with Crippen molar-refractivity contribution < 1.29 is 9.18 Å². The quantitative estimate of drug-likeness (QED) is 0.928. The maximum absolute atomic E-state index is 13.0. The van der Waals surface area contributed by atoms with Gasteiger partial charge in [0.1, 0.15) is 5.82 Å². The van der Waals surface area contributed by atoms with Crippen LogP contribution in [0.3, 0.4) is 0 Å². The number of benzene rings is 1. The lowest BCUT2D eigenvalue weighted by Crippen LogP contribution is -2.18. The van der Waals surface area contributed by atoms with Gasteiger partial charge in [-0.1, -0.05) is 12.1 Å². The number of halogens is 1. The van der Waals surface area contributed by atoms with Gasteiger partial charge in [-0.25, -0.2) is 4.39 Å². The number of hydrogen-bond donors (Lipinski definition) is 1. The maximum atomic E-state index is 13.0. The van der Waals surface area contributed by atoms with Crippen LogP contribution in [0.25, 0.3) is 0 Å². The molecule has 1 aromatic carbocycles. The summed E-state index contributed by atoms with van der Waals surface area (Å²) < 4.78 is 14.4. The number of aromatic nitrogens is 1. The number of rotatable bonds is 4. The van der Waals surface area contributed by atoms with Crippen LogP contribution in [0.2, 0.25) is 0 Å². The molecule has 0 unspecified atom stereocenters. The summed E-state index contributed by atoms with van der Waals surface area (Å²) in [4.78, 5) is 23.0. The van der Waals surface area contributed by atoms with Crippen molar-refractivity contribution in [3.8, 4) is 0 Å². The molecule has 0 aliphatic carbocycles. The summed E-state index contributed by atoms with van der Waals surface area (Å²) in [7, 11) is 1.62. The lowest BCUT2D eigenvalue weighted by atomic mass is 10.1. The van der Waals surface area contributed by atoms with Crippen LogP contribution >= 0.6 is 0 Å². The lowest BCUT2D eigenvalue weighted by molar-refractivity contribution is -0.116. The van der Waals surface area contributed by atoms with Gasteiger partial charge >= 0.3 is 0 Å². The Kier molecular flexibility index (Phi) is 4.30. The average molecular weight is 274 g/mol. The highest BCUT2D eigenvalue weighted by molar-refractivity contribution is 5.90. The highest BCUT2D eigenvalue weighted by Crippen LogP contribution is 2.08. The molecule has 1 heterocycles. The Balaban J connectivity index is 1.92. The van der Waals surface area contributed by atoms with Crippen molar-refractivity contribution in [3.63, 3.8) is 0 Å². The predicted molar refractivity (Wildman–Crippen MR) is 75.0 cm³/mol. The van der Waals surface area contributed by atoms with Crippen LogP contribution in [-0.4, -0.2) is 10.5 Å². The van der Waals surface area contributed by atoms with Gasteiger partial charge in [-0.05, 0) is 30.2 Å². The summed E-state index contributed by atoms with van der Waals surface area (Å²) in [5, 5.41) is 2.70. The Morgan fingerprint density at radius 1 is 1.30 bits per heavy atom. The van der Waals surface area contributed by atoms with Crippen LogP contribution in [0.1, 0.15) is 12.0 Å². The molecule has 0 radical (unpaired) electrons. The van der Waals surface area contributed by atoms with E-state index in [1.165, 1.54) is 22.8 Å². The Bertz CT molecular complexity index is 680. The first kappa shape index (κ1) is 14.0. The second kappa shape index (κ2) is 6.14. The Morgan fingerprint density at radius 3 is 2.80 bits per heavy atom. The van der Waals surface area contributed by atoms with E-state index in [0.717, 1.165) is 5.56 Å². The third-order valence-corrected chi connectivity index (χ3v) is 2.90. The molecule has 0 aliphatic rings. The monoisotopic (exact) mass is 274 g/mol. The average Bonchev–Trinajstić information content (AvgIpc) is 2.41. The molecule has 0 saturated heterocycles. The molecule has 0 fully saturated rings. The molecular formula is C15H15FN2O2. The number of carbonyl (C=O) groups excluding carboxylic acids is 1. The van der Waals surface area contributed by atoms with Crippen molar-refractivity contribution in [3.05, 3.63) is 64.3 Å². The summed E-state index contributed by atoms with van der Waals surface area (Å²) in [6.45, 7) is 0. The predicted octanol–water partition coefficient (Wildman–Crippen LogP) is 2.10. The number of anilines is 1. The summed E-state index contributed by atoms with van der Waals surface area (Å²) in [6.07, 6.45) is 2.28. The molecule has 2 rings (SSSR count). The standard InChI is InChI=1S/C15H15FN2O2/c1-18-10-13(6-8-15(18)20)17-14(19)7-5-11-3-2-4-12(16)9-11/h2-4,6,8-10H,5,7H2,1H3,(H,17,19). The van der Waals surface area contributed by atoms with Crippen LogP contribution in [0.15, 0.2) is 47.4 Å². The van der Waals surface area contributed by atoms with Gasteiger partial charge in [-0.2, -0.15) is 0 Å². The zero-order valence-corrected chi connectivity index (χ0v) is 11.1. The van der Waals surface area contributed by atoms with Crippen LogP contribution in [-0.2, 0) is 18.3 Å². The number of nitrogens with one attached hydrogen (secondary N) is 1. The van der Waals surface area contributed by atoms with Gasteiger partial charge in [0.15, 0.2) is 0 Å². The van der Waals surface area contributed by atoms with Crippen molar-refractivity contribution in [1.82, 2.24) is 4.57 Å². The first-order valence-electron chi connectivity index (χ1n) is 6.25. The molecule has 0 aliphatic heterocycles. The van der Waals surface area contributed by atoms with Gasteiger partial charge < -0.3 is 9.88 Å². The molecule has 0 atom stereocenters. The molecular weight excluding hydrogens is 259 g/mol. The molecule has 5 heteroatoms. The molecule has 1 amide bonds. The van der Waals surface area contributed by atoms with E-state index in [4.69, 9.17) is 0 Å². The van der Waals surface area contributed by atoms with Crippen molar-refractivity contribution >= 4 is 11.6 Å². The van der Waals surface area contributed by atoms with Gasteiger partial charge in [-0.3, -0.25) is 9.59 Å². The summed E-state index contributed by atoms with van der Waals surface area (Å²) in [5.41, 5.74) is 1.21. The normalized spacial score (nSPS) is 10.3. The van der Waals surface area contributed by atoms with Gasteiger partial charge in [0, 0.05) is 25.7 Å². The van der Waals surface area contributed by atoms with E-state index in [-0.39, 0.29) is 23.7 Å². The molecule has 0 spiro atoms. The fraction of sp³-hybridized carbons (Fsp3) is 0.200. The number of amides is 1. The number of hydrogen-bond acceptors (Lipinski definition) is 2. The third-order valence-electron chi connectivity index (χ3n) is 2.90. The van der Waals surface area contributed by atoms with Gasteiger partial charge in [0.05, 0.1) is 5.69 Å². The third kappa shape index (κ3) is 3.78. The highest BCUT2D eigenvalue weighted by atomic mass is 19.1. The number of aryl methyl sites for hydroxylation is 2. The van der Waals surface area contributed by atoms with Crippen LogP contribution in [0.4, 0.5) is 10.1 Å². The first-order valence-corrected chi connectivity index (χ1v) is 6.25. The van der Waals surface area contributed by atoms with Crippen molar-refractivity contribution in [2.45, 2.75) is 12.8 Å². The molecule has 1 aromatic heterocycles. The lowest BCUT2D eigenvalue weighted by Gasteiger charge is -2.06. The molecule has 1 N–H and O–H groups in total. The molecule has 4 nitrogen and oxygen atoms in total. The van der Waals surface area contributed by atoms with E-state index in [0.29, 0.717) is 12.1 Å². The molecule has 20 heavy (non-hydrogen) atoms. The molecule has 0 bridgehead atoms. The maximum Gasteiger partial charge on any atom is 0.250 e. The summed E-state index contributed by atoms with van der Waals surface area (Å²) in [5.74, 6) is -0.478. The largest absolute Gasteiger partial charge is 0.325 e. The zero-order chi connectivity index (χ0) is 14.5. The van der Waals surface area contributed by atoms with E-state index >= 15 is 0 Å². The van der Waals surface area contributed by atoms with E-state index < -0.39 is 0 Å². The molecule has 2 aromatic rings. The number of nitrogens with zero attached hydrogens (tertiary/aromatic N) is 1. The van der Waals surface area contributed by atoms with E-state index in [9.17, 15) is 14.0 Å². The molecule has 0 saturated carbocycles. The fourth-order valence-corrected chi connectivity index (χ4v) is 1.84. The summed E-state index contributed by atoms with van der Waals surface area (Å²) >= 11 is 0. The number of pyridine rings is 1. The second-order valence-corrected chi connectivity index (χ2v) is 4.55. The highest BCUT2D eigenvalue weighted by Gasteiger charge is 2.04.